The van der Waals surface area contributed by atoms with Gasteiger partial charge in [-0.05, 0) is 37.1 Å². The molecule has 0 amide bonds. The first-order valence-corrected chi connectivity index (χ1v) is 7.38. The molecule has 2 aromatic carbocycles. The molecule has 0 radical (unpaired) electrons. The topological polar surface area (TPSA) is 42.2 Å². The molecule has 0 fully saturated rings. The quantitative estimate of drug-likeness (QED) is 0.793. The molecule has 0 saturated heterocycles. The Bertz CT molecular complexity index is 673. The van der Waals surface area contributed by atoms with Gasteiger partial charge in [0.15, 0.2) is 0 Å². The summed E-state index contributed by atoms with van der Waals surface area (Å²) < 4.78 is 11.2. The Hall–Kier alpha value is -2.47. The normalized spacial score (nSPS) is 11.5. The van der Waals surface area contributed by atoms with E-state index in [1.54, 1.807) is 7.11 Å². The second-order valence-corrected chi connectivity index (χ2v) is 5.33. The molecule has 22 heavy (non-hydrogen) atoms. The van der Waals surface area contributed by atoms with Crippen molar-refractivity contribution in [2.24, 2.45) is 0 Å². The molecule has 0 aromatic heterocycles. The molecule has 3 nitrogen and oxygen atoms in total. The maximum atomic E-state index is 9.43. The molecule has 114 valence electrons. The molecule has 0 spiro atoms. The molecule has 0 aliphatic rings. The van der Waals surface area contributed by atoms with Crippen molar-refractivity contribution in [3.8, 4) is 17.6 Å². The van der Waals surface area contributed by atoms with Crippen LogP contribution in [0.1, 0.15) is 29.0 Å². The van der Waals surface area contributed by atoms with Crippen LogP contribution in [0.4, 0.5) is 0 Å². The zero-order chi connectivity index (χ0) is 15.9. The zero-order valence-electron chi connectivity index (χ0n) is 13.3. The van der Waals surface area contributed by atoms with Gasteiger partial charge in [-0.1, -0.05) is 30.3 Å². The second kappa shape index (κ2) is 7.51. The molecule has 1 unspecified atom stereocenters. The van der Waals surface area contributed by atoms with E-state index in [-0.39, 0.29) is 5.92 Å². The molecule has 0 bridgehead atoms. The van der Waals surface area contributed by atoms with Crippen molar-refractivity contribution in [3.63, 3.8) is 0 Å². The molecule has 0 heterocycles. The lowest BCUT2D eigenvalue weighted by atomic mass is 9.96. The molecule has 1 atom stereocenters. The van der Waals surface area contributed by atoms with Gasteiger partial charge in [-0.3, -0.25) is 0 Å². The maximum absolute atomic E-state index is 9.43. The minimum absolute atomic E-state index is 0.235. The van der Waals surface area contributed by atoms with Crippen molar-refractivity contribution < 1.29 is 9.47 Å². The zero-order valence-corrected chi connectivity index (χ0v) is 13.3. The third-order valence-corrected chi connectivity index (χ3v) is 3.68. The Morgan fingerprint density at radius 3 is 2.59 bits per heavy atom. The number of nitriles is 1. The summed E-state index contributed by atoms with van der Waals surface area (Å²) >= 11 is 0. The van der Waals surface area contributed by atoms with E-state index >= 15 is 0 Å². The molecular formula is C19H21NO2. The number of nitrogens with zero attached hydrogens (tertiary/aromatic N) is 1. The SMILES string of the molecule is COc1ccccc1C(C#N)CCOc1cc(C)ccc1C. The number of aryl methyl sites for hydroxylation is 2. The minimum Gasteiger partial charge on any atom is -0.496 e. The summed E-state index contributed by atoms with van der Waals surface area (Å²) in [6.45, 7) is 4.57. The van der Waals surface area contributed by atoms with Crippen LogP contribution in [0.15, 0.2) is 42.5 Å². The van der Waals surface area contributed by atoms with Crippen molar-refractivity contribution in [2.45, 2.75) is 26.2 Å². The van der Waals surface area contributed by atoms with Crippen molar-refractivity contribution in [3.05, 3.63) is 59.2 Å². The van der Waals surface area contributed by atoms with Crippen LogP contribution >= 0.6 is 0 Å². The summed E-state index contributed by atoms with van der Waals surface area (Å²) in [5, 5.41) is 9.43. The van der Waals surface area contributed by atoms with Gasteiger partial charge in [-0.25, -0.2) is 0 Å². The monoisotopic (exact) mass is 295 g/mol. The van der Waals surface area contributed by atoms with Crippen LogP contribution in [-0.2, 0) is 0 Å². The summed E-state index contributed by atoms with van der Waals surface area (Å²) in [6.07, 6.45) is 0.629. The number of rotatable bonds is 6. The summed E-state index contributed by atoms with van der Waals surface area (Å²) in [4.78, 5) is 0. The fourth-order valence-corrected chi connectivity index (χ4v) is 2.39. The van der Waals surface area contributed by atoms with E-state index in [4.69, 9.17) is 9.47 Å². The van der Waals surface area contributed by atoms with Gasteiger partial charge in [0, 0.05) is 12.0 Å². The van der Waals surface area contributed by atoms with Crippen LogP contribution in [0.5, 0.6) is 11.5 Å². The number of ether oxygens (including phenoxy) is 2. The van der Waals surface area contributed by atoms with E-state index in [1.165, 1.54) is 5.56 Å². The van der Waals surface area contributed by atoms with E-state index < -0.39 is 0 Å². The molecule has 0 aliphatic carbocycles. The Balaban J connectivity index is 2.03. The highest BCUT2D eigenvalue weighted by molar-refractivity contribution is 5.39. The molecule has 2 rings (SSSR count). The average Bonchev–Trinajstić information content (AvgIpc) is 2.54. The molecule has 0 saturated carbocycles. The third kappa shape index (κ3) is 3.79. The van der Waals surface area contributed by atoms with E-state index in [9.17, 15) is 5.26 Å². The van der Waals surface area contributed by atoms with Crippen LogP contribution in [0, 0.1) is 25.2 Å². The fourth-order valence-electron chi connectivity index (χ4n) is 2.39. The summed E-state index contributed by atoms with van der Waals surface area (Å²) in [5.74, 6) is 1.40. The van der Waals surface area contributed by atoms with E-state index in [1.807, 2.05) is 50.2 Å². The van der Waals surface area contributed by atoms with Gasteiger partial charge in [0.2, 0.25) is 0 Å². The van der Waals surface area contributed by atoms with Crippen molar-refractivity contribution in [1.29, 1.82) is 5.26 Å². The van der Waals surface area contributed by atoms with E-state index in [2.05, 4.69) is 12.1 Å². The summed E-state index contributed by atoms with van der Waals surface area (Å²) in [6, 6.07) is 16.1. The Morgan fingerprint density at radius 1 is 1.09 bits per heavy atom. The Labute approximate surface area is 132 Å². The third-order valence-electron chi connectivity index (χ3n) is 3.68. The van der Waals surface area contributed by atoms with Crippen molar-refractivity contribution >= 4 is 0 Å². The maximum Gasteiger partial charge on any atom is 0.123 e. The van der Waals surface area contributed by atoms with Crippen molar-refractivity contribution in [2.75, 3.05) is 13.7 Å². The highest BCUT2D eigenvalue weighted by atomic mass is 16.5. The molecular weight excluding hydrogens is 274 g/mol. The van der Waals surface area contributed by atoms with Gasteiger partial charge in [0.25, 0.3) is 0 Å². The lowest BCUT2D eigenvalue weighted by Crippen LogP contribution is -2.06. The second-order valence-electron chi connectivity index (χ2n) is 5.33. The van der Waals surface area contributed by atoms with Gasteiger partial charge in [0.05, 0.1) is 25.7 Å². The first-order chi connectivity index (χ1) is 10.7. The number of para-hydroxylation sites is 1. The predicted molar refractivity (Wildman–Crippen MR) is 87.4 cm³/mol. The van der Waals surface area contributed by atoms with Gasteiger partial charge >= 0.3 is 0 Å². The van der Waals surface area contributed by atoms with E-state index in [0.29, 0.717) is 13.0 Å². The smallest absolute Gasteiger partial charge is 0.123 e. The lowest BCUT2D eigenvalue weighted by Gasteiger charge is -2.15. The number of benzene rings is 2. The average molecular weight is 295 g/mol. The Morgan fingerprint density at radius 2 is 1.86 bits per heavy atom. The van der Waals surface area contributed by atoms with E-state index in [0.717, 1.165) is 22.6 Å². The lowest BCUT2D eigenvalue weighted by molar-refractivity contribution is 0.302. The van der Waals surface area contributed by atoms with Crippen LogP contribution in [0.3, 0.4) is 0 Å². The first-order valence-electron chi connectivity index (χ1n) is 7.38. The van der Waals surface area contributed by atoms with Gasteiger partial charge < -0.3 is 9.47 Å². The first kappa shape index (κ1) is 15.9. The highest BCUT2D eigenvalue weighted by Crippen LogP contribution is 2.29. The largest absolute Gasteiger partial charge is 0.496 e. The predicted octanol–water partition coefficient (Wildman–Crippen LogP) is 4.39. The number of hydrogen-bond acceptors (Lipinski definition) is 3. The number of methoxy groups -OCH3 is 1. The van der Waals surface area contributed by atoms with Crippen LogP contribution in [0.2, 0.25) is 0 Å². The minimum atomic E-state index is -0.235. The number of hydrogen-bond donors (Lipinski definition) is 0. The standard InChI is InChI=1S/C19H21NO2/c1-14-8-9-15(2)19(12-14)22-11-10-16(13-20)17-6-4-5-7-18(17)21-3/h4-9,12,16H,10-11H2,1-3H3. The van der Waals surface area contributed by atoms with Crippen LogP contribution in [-0.4, -0.2) is 13.7 Å². The van der Waals surface area contributed by atoms with Gasteiger partial charge in [0.1, 0.15) is 11.5 Å². The fraction of sp³-hybridized carbons (Fsp3) is 0.316. The Kier molecular flexibility index (Phi) is 5.43. The van der Waals surface area contributed by atoms with Crippen LogP contribution < -0.4 is 9.47 Å². The summed E-state index contributed by atoms with van der Waals surface area (Å²) in [7, 11) is 1.62. The van der Waals surface area contributed by atoms with Crippen LogP contribution in [0.25, 0.3) is 0 Å². The highest BCUT2D eigenvalue weighted by Gasteiger charge is 2.15. The van der Waals surface area contributed by atoms with Crippen molar-refractivity contribution in [1.82, 2.24) is 0 Å². The molecule has 0 aliphatic heterocycles. The van der Waals surface area contributed by atoms with Gasteiger partial charge in [-0.2, -0.15) is 5.26 Å². The summed E-state index contributed by atoms with van der Waals surface area (Å²) in [5.41, 5.74) is 3.19. The molecule has 2 aromatic rings. The molecule has 3 heteroatoms. The molecule has 0 N–H and O–H groups in total. The van der Waals surface area contributed by atoms with Gasteiger partial charge in [-0.15, -0.1) is 0 Å².